The predicted octanol–water partition coefficient (Wildman–Crippen LogP) is 1.64. The van der Waals surface area contributed by atoms with Gasteiger partial charge in [-0.2, -0.15) is 4.72 Å². The highest BCUT2D eigenvalue weighted by atomic mass is 32.2. The van der Waals surface area contributed by atoms with Gasteiger partial charge in [-0.05, 0) is 24.0 Å². The molecule has 0 heterocycles. The molecule has 106 valence electrons. The zero-order valence-corrected chi connectivity index (χ0v) is 12.1. The Labute approximate surface area is 113 Å². The topological polar surface area (TPSA) is 83.5 Å². The summed E-state index contributed by atoms with van der Waals surface area (Å²) >= 11 is 0. The second-order valence-electron chi connectivity index (χ2n) is 4.64. The van der Waals surface area contributed by atoms with Crippen LogP contribution < -0.4 is 4.72 Å². The highest BCUT2D eigenvalue weighted by molar-refractivity contribution is 7.89. The molecule has 1 aromatic carbocycles. The molecule has 0 radical (unpaired) electrons. The quantitative estimate of drug-likeness (QED) is 0.832. The van der Waals surface area contributed by atoms with E-state index in [1.165, 1.54) is 6.07 Å². The van der Waals surface area contributed by atoms with Crippen LogP contribution in [0.15, 0.2) is 29.2 Å². The van der Waals surface area contributed by atoms with Gasteiger partial charge in [0.15, 0.2) is 0 Å². The van der Waals surface area contributed by atoms with Gasteiger partial charge in [0, 0.05) is 0 Å². The molecule has 0 aliphatic heterocycles. The number of aliphatic carboxylic acids is 1. The maximum absolute atomic E-state index is 12.3. The van der Waals surface area contributed by atoms with Crippen molar-refractivity contribution >= 4 is 16.0 Å². The molecule has 0 aliphatic carbocycles. The zero-order valence-electron chi connectivity index (χ0n) is 11.3. The van der Waals surface area contributed by atoms with Crippen molar-refractivity contribution in [1.82, 2.24) is 4.72 Å². The second-order valence-corrected chi connectivity index (χ2v) is 6.32. The standard InChI is InChI=1S/C13H19NO4S/c1-4-10-7-5-6-8-11(10)19(17,18)14-12(9(2)3)13(15)16/h5-9,12,14H,4H2,1-3H3,(H,15,16)/t12-/m1/s1. The minimum Gasteiger partial charge on any atom is -0.480 e. The van der Waals surface area contributed by atoms with E-state index in [-0.39, 0.29) is 10.8 Å². The lowest BCUT2D eigenvalue weighted by Crippen LogP contribution is -2.44. The lowest BCUT2D eigenvalue weighted by Gasteiger charge is -2.19. The fraction of sp³-hybridized carbons (Fsp3) is 0.462. The highest BCUT2D eigenvalue weighted by Crippen LogP contribution is 2.17. The van der Waals surface area contributed by atoms with Gasteiger partial charge in [0.1, 0.15) is 6.04 Å². The van der Waals surface area contributed by atoms with Crippen LogP contribution in [0, 0.1) is 5.92 Å². The van der Waals surface area contributed by atoms with E-state index in [0.717, 1.165) is 0 Å². The summed E-state index contributed by atoms with van der Waals surface area (Å²) in [5, 5.41) is 9.05. The summed E-state index contributed by atoms with van der Waals surface area (Å²) in [7, 11) is -3.82. The lowest BCUT2D eigenvalue weighted by atomic mass is 10.1. The Morgan fingerprint density at radius 2 is 1.89 bits per heavy atom. The first-order valence-electron chi connectivity index (χ1n) is 6.12. The molecule has 0 aliphatic rings. The number of carbonyl (C=O) groups is 1. The second kappa shape index (κ2) is 6.16. The van der Waals surface area contributed by atoms with Gasteiger partial charge in [-0.25, -0.2) is 8.42 Å². The van der Waals surface area contributed by atoms with Gasteiger partial charge < -0.3 is 5.11 Å². The summed E-state index contributed by atoms with van der Waals surface area (Å²) in [6.07, 6.45) is 0.566. The SMILES string of the molecule is CCc1ccccc1S(=O)(=O)N[C@@H](C(=O)O)C(C)C. The maximum atomic E-state index is 12.3. The van der Waals surface area contributed by atoms with Crippen LogP contribution in [-0.2, 0) is 21.2 Å². The number of carboxylic acid groups (broad SMARTS) is 1. The molecule has 0 spiro atoms. The normalized spacial score (nSPS) is 13.5. The number of sulfonamides is 1. The van der Waals surface area contributed by atoms with E-state index in [2.05, 4.69) is 4.72 Å². The van der Waals surface area contributed by atoms with Crippen LogP contribution in [0.25, 0.3) is 0 Å². The van der Waals surface area contributed by atoms with Gasteiger partial charge in [0.05, 0.1) is 4.90 Å². The summed E-state index contributed by atoms with van der Waals surface area (Å²) in [6, 6.07) is 5.46. The van der Waals surface area contributed by atoms with Gasteiger partial charge in [0.25, 0.3) is 0 Å². The third kappa shape index (κ3) is 3.78. The van der Waals surface area contributed by atoms with Crippen molar-refractivity contribution in [2.24, 2.45) is 5.92 Å². The molecule has 0 unspecified atom stereocenters. The monoisotopic (exact) mass is 285 g/mol. The third-order valence-electron chi connectivity index (χ3n) is 2.86. The molecule has 0 bridgehead atoms. The van der Waals surface area contributed by atoms with Crippen molar-refractivity contribution in [3.63, 3.8) is 0 Å². The van der Waals surface area contributed by atoms with Crippen LogP contribution in [0.2, 0.25) is 0 Å². The molecule has 19 heavy (non-hydrogen) atoms. The maximum Gasteiger partial charge on any atom is 0.322 e. The van der Waals surface area contributed by atoms with E-state index < -0.39 is 22.0 Å². The third-order valence-corrected chi connectivity index (χ3v) is 4.40. The fourth-order valence-electron chi connectivity index (χ4n) is 1.76. The lowest BCUT2D eigenvalue weighted by molar-refractivity contribution is -0.140. The first-order chi connectivity index (χ1) is 8.79. The Bertz CT molecular complexity index is 552. The number of aryl methyl sites for hydroxylation is 1. The van der Waals surface area contributed by atoms with Gasteiger partial charge in [0.2, 0.25) is 10.0 Å². The molecular weight excluding hydrogens is 266 g/mol. The summed E-state index contributed by atoms with van der Waals surface area (Å²) < 4.78 is 26.8. The zero-order chi connectivity index (χ0) is 14.6. The number of rotatable bonds is 6. The first kappa shape index (κ1) is 15.7. The van der Waals surface area contributed by atoms with Gasteiger partial charge in [-0.15, -0.1) is 0 Å². The summed E-state index contributed by atoms with van der Waals surface area (Å²) in [6.45, 7) is 5.17. The van der Waals surface area contributed by atoms with Crippen LogP contribution in [0.5, 0.6) is 0 Å². The number of hydrogen-bond donors (Lipinski definition) is 2. The van der Waals surface area contributed by atoms with E-state index in [4.69, 9.17) is 5.11 Å². The van der Waals surface area contributed by atoms with Gasteiger partial charge >= 0.3 is 5.97 Å². The van der Waals surface area contributed by atoms with E-state index in [1.807, 2.05) is 6.92 Å². The van der Waals surface area contributed by atoms with Crippen LogP contribution in [0.3, 0.4) is 0 Å². The molecule has 1 rings (SSSR count). The number of benzene rings is 1. The van der Waals surface area contributed by atoms with E-state index in [1.54, 1.807) is 32.0 Å². The predicted molar refractivity (Wildman–Crippen MR) is 72.4 cm³/mol. The molecule has 5 nitrogen and oxygen atoms in total. The fourth-order valence-corrected chi connectivity index (χ4v) is 3.41. The molecule has 2 N–H and O–H groups in total. The summed E-state index contributed by atoms with van der Waals surface area (Å²) in [5.41, 5.74) is 0.669. The number of carboxylic acids is 1. The molecule has 0 saturated heterocycles. The molecule has 1 atom stereocenters. The summed E-state index contributed by atoms with van der Waals surface area (Å²) in [5.74, 6) is -1.51. The van der Waals surface area contributed by atoms with Crippen molar-refractivity contribution in [2.45, 2.75) is 38.1 Å². The van der Waals surface area contributed by atoms with Crippen molar-refractivity contribution in [1.29, 1.82) is 0 Å². The Morgan fingerprint density at radius 1 is 1.32 bits per heavy atom. The number of nitrogens with one attached hydrogen (secondary N) is 1. The Balaban J connectivity index is 3.14. The Kier molecular flexibility index (Phi) is 5.08. The van der Waals surface area contributed by atoms with E-state index in [9.17, 15) is 13.2 Å². The van der Waals surface area contributed by atoms with E-state index in [0.29, 0.717) is 12.0 Å². The Morgan fingerprint density at radius 3 is 2.37 bits per heavy atom. The molecule has 0 amide bonds. The minimum atomic E-state index is -3.82. The van der Waals surface area contributed by atoms with Crippen LogP contribution in [0.4, 0.5) is 0 Å². The molecule has 0 saturated carbocycles. The van der Waals surface area contributed by atoms with Gasteiger partial charge in [-0.1, -0.05) is 39.0 Å². The Hall–Kier alpha value is -1.40. The average Bonchev–Trinajstić information content (AvgIpc) is 2.35. The average molecular weight is 285 g/mol. The summed E-state index contributed by atoms with van der Waals surface area (Å²) in [4.78, 5) is 11.2. The van der Waals surface area contributed by atoms with Crippen LogP contribution in [-0.4, -0.2) is 25.5 Å². The van der Waals surface area contributed by atoms with E-state index >= 15 is 0 Å². The van der Waals surface area contributed by atoms with Crippen molar-refractivity contribution in [2.75, 3.05) is 0 Å². The van der Waals surface area contributed by atoms with Crippen molar-refractivity contribution in [3.8, 4) is 0 Å². The molecule has 1 aromatic rings. The molecule has 0 fully saturated rings. The first-order valence-corrected chi connectivity index (χ1v) is 7.61. The van der Waals surface area contributed by atoms with Crippen LogP contribution in [0.1, 0.15) is 26.3 Å². The smallest absolute Gasteiger partial charge is 0.322 e. The molecule has 0 aromatic heterocycles. The highest BCUT2D eigenvalue weighted by Gasteiger charge is 2.28. The minimum absolute atomic E-state index is 0.143. The molecule has 6 heteroatoms. The van der Waals surface area contributed by atoms with Crippen molar-refractivity contribution < 1.29 is 18.3 Å². The van der Waals surface area contributed by atoms with Crippen molar-refractivity contribution in [3.05, 3.63) is 29.8 Å². The molecular formula is C13H19NO4S. The largest absolute Gasteiger partial charge is 0.480 e. The van der Waals surface area contributed by atoms with Gasteiger partial charge in [-0.3, -0.25) is 4.79 Å². The van der Waals surface area contributed by atoms with Crippen LogP contribution >= 0.6 is 0 Å². The number of hydrogen-bond acceptors (Lipinski definition) is 3.